The van der Waals surface area contributed by atoms with Crippen molar-refractivity contribution in [2.45, 2.75) is 13.0 Å². The minimum atomic E-state index is -0.639. The van der Waals surface area contributed by atoms with Crippen molar-refractivity contribution in [2.24, 2.45) is 0 Å². The molecule has 1 unspecified atom stereocenters. The lowest BCUT2D eigenvalue weighted by Gasteiger charge is -2.10. The Morgan fingerprint density at radius 3 is 2.44 bits per heavy atom. The number of halogens is 2. The van der Waals surface area contributed by atoms with Crippen LogP contribution in [-0.4, -0.2) is 5.11 Å². The average molecular weight is 273 g/mol. The molecule has 4 heteroatoms. The first kappa shape index (κ1) is 11.9. The molecule has 0 radical (unpaired) electrons. The number of hydrogen-bond acceptors (Lipinski definition) is 2. The van der Waals surface area contributed by atoms with Gasteiger partial charge in [0.05, 0.1) is 10.0 Å². The van der Waals surface area contributed by atoms with Crippen LogP contribution in [-0.2, 0) is 0 Å². The third kappa shape index (κ3) is 2.41. The van der Waals surface area contributed by atoms with Crippen molar-refractivity contribution in [3.63, 3.8) is 0 Å². The van der Waals surface area contributed by atoms with Crippen molar-refractivity contribution >= 4 is 34.5 Å². The van der Waals surface area contributed by atoms with Crippen LogP contribution < -0.4 is 0 Å². The first-order valence-corrected chi connectivity index (χ1v) is 6.39. The van der Waals surface area contributed by atoms with E-state index in [2.05, 4.69) is 0 Å². The van der Waals surface area contributed by atoms with E-state index in [9.17, 15) is 5.11 Å². The van der Waals surface area contributed by atoms with Crippen LogP contribution in [0.2, 0.25) is 10.0 Å². The molecule has 1 nitrogen and oxygen atoms in total. The van der Waals surface area contributed by atoms with Gasteiger partial charge in [0.2, 0.25) is 0 Å². The Kier molecular flexibility index (Phi) is 3.55. The molecule has 2 rings (SSSR count). The molecule has 0 aliphatic heterocycles. The van der Waals surface area contributed by atoms with Crippen molar-refractivity contribution in [3.05, 3.63) is 55.7 Å². The maximum atomic E-state index is 10.1. The van der Waals surface area contributed by atoms with E-state index >= 15 is 0 Å². The first-order valence-electron chi connectivity index (χ1n) is 4.76. The number of thiophene rings is 1. The van der Waals surface area contributed by atoms with E-state index in [4.69, 9.17) is 23.2 Å². The van der Waals surface area contributed by atoms with Crippen molar-refractivity contribution in [2.75, 3.05) is 0 Å². The van der Waals surface area contributed by atoms with E-state index in [1.54, 1.807) is 29.5 Å². The summed E-state index contributed by atoms with van der Waals surface area (Å²) in [5.41, 5.74) is 1.65. The van der Waals surface area contributed by atoms with Crippen molar-refractivity contribution in [1.82, 2.24) is 0 Å². The molecule has 16 heavy (non-hydrogen) atoms. The van der Waals surface area contributed by atoms with Gasteiger partial charge in [0.25, 0.3) is 0 Å². The minimum Gasteiger partial charge on any atom is -0.384 e. The van der Waals surface area contributed by atoms with Crippen LogP contribution >= 0.6 is 34.5 Å². The second-order valence-electron chi connectivity index (χ2n) is 3.57. The normalized spacial score (nSPS) is 12.8. The van der Waals surface area contributed by atoms with Crippen LogP contribution in [0.3, 0.4) is 0 Å². The van der Waals surface area contributed by atoms with Crippen LogP contribution in [0.15, 0.2) is 29.6 Å². The summed E-state index contributed by atoms with van der Waals surface area (Å²) in [4.78, 5) is 1.18. The highest BCUT2D eigenvalue weighted by Crippen LogP contribution is 2.30. The molecule has 1 aromatic heterocycles. The largest absolute Gasteiger partial charge is 0.384 e. The summed E-state index contributed by atoms with van der Waals surface area (Å²) in [7, 11) is 0. The number of rotatable bonds is 2. The molecule has 0 saturated carbocycles. The van der Waals surface area contributed by atoms with E-state index in [0.717, 1.165) is 11.1 Å². The summed E-state index contributed by atoms with van der Waals surface area (Å²) in [6.07, 6.45) is -0.639. The summed E-state index contributed by atoms with van der Waals surface area (Å²) in [5, 5.41) is 13.0. The Balaban J connectivity index is 2.33. The van der Waals surface area contributed by atoms with Gasteiger partial charge in [0, 0.05) is 4.88 Å². The zero-order valence-electron chi connectivity index (χ0n) is 8.58. The molecule has 0 aliphatic carbocycles. The van der Waals surface area contributed by atoms with Gasteiger partial charge in [0.1, 0.15) is 6.10 Å². The molecule has 0 amide bonds. The van der Waals surface area contributed by atoms with E-state index in [-0.39, 0.29) is 0 Å². The third-order valence-corrected chi connectivity index (χ3v) is 3.94. The molecule has 1 N–H and O–H groups in total. The predicted molar refractivity (Wildman–Crippen MR) is 69.6 cm³/mol. The third-order valence-electron chi connectivity index (χ3n) is 2.33. The average Bonchev–Trinajstić information content (AvgIpc) is 2.68. The van der Waals surface area contributed by atoms with Crippen LogP contribution in [0.5, 0.6) is 0 Å². The summed E-state index contributed by atoms with van der Waals surface area (Å²) in [5.74, 6) is 0. The number of hydrogen-bond donors (Lipinski definition) is 1. The zero-order chi connectivity index (χ0) is 11.7. The van der Waals surface area contributed by atoms with Gasteiger partial charge in [-0.1, -0.05) is 29.3 Å². The minimum absolute atomic E-state index is 0.463. The highest BCUT2D eigenvalue weighted by Gasteiger charge is 2.12. The number of aliphatic hydroxyl groups excluding tert-OH is 1. The monoisotopic (exact) mass is 272 g/mol. The number of aryl methyl sites for hydroxylation is 1. The van der Waals surface area contributed by atoms with Gasteiger partial charge in [-0.15, -0.1) is 11.3 Å². The SMILES string of the molecule is Cc1cc(C(O)c2ccc(Cl)c(Cl)c2)cs1. The fourth-order valence-corrected chi connectivity index (χ4v) is 2.51. The lowest BCUT2D eigenvalue weighted by molar-refractivity contribution is 0.221. The van der Waals surface area contributed by atoms with E-state index < -0.39 is 6.10 Å². The first-order chi connectivity index (χ1) is 7.58. The van der Waals surface area contributed by atoms with E-state index in [0.29, 0.717) is 10.0 Å². The topological polar surface area (TPSA) is 20.2 Å². The molecular formula is C12H10Cl2OS. The summed E-state index contributed by atoms with van der Waals surface area (Å²) >= 11 is 13.3. The predicted octanol–water partition coefficient (Wildman–Crippen LogP) is 4.45. The Hall–Kier alpha value is -0.540. The van der Waals surface area contributed by atoms with Crippen LogP contribution in [0.4, 0.5) is 0 Å². The lowest BCUT2D eigenvalue weighted by atomic mass is 10.0. The highest BCUT2D eigenvalue weighted by atomic mass is 35.5. The second-order valence-corrected chi connectivity index (χ2v) is 5.50. The van der Waals surface area contributed by atoms with Gasteiger partial charge < -0.3 is 5.11 Å². The summed E-state index contributed by atoms with van der Waals surface area (Å²) < 4.78 is 0. The summed E-state index contributed by atoms with van der Waals surface area (Å²) in [6, 6.07) is 7.15. The molecule has 1 heterocycles. The Morgan fingerprint density at radius 2 is 1.88 bits per heavy atom. The number of aliphatic hydroxyl groups is 1. The molecule has 0 bridgehead atoms. The van der Waals surface area contributed by atoms with Gasteiger partial charge in [-0.05, 0) is 41.6 Å². The molecule has 1 atom stereocenters. The van der Waals surface area contributed by atoms with Gasteiger partial charge in [-0.25, -0.2) is 0 Å². The highest BCUT2D eigenvalue weighted by molar-refractivity contribution is 7.10. The van der Waals surface area contributed by atoms with E-state index in [1.165, 1.54) is 4.88 Å². The van der Waals surface area contributed by atoms with Crippen LogP contribution in [0.1, 0.15) is 22.1 Å². The van der Waals surface area contributed by atoms with Gasteiger partial charge in [-0.3, -0.25) is 0 Å². The Bertz CT molecular complexity index is 507. The molecular weight excluding hydrogens is 263 g/mol. The van der Waals surface area contributed by atoms with Gasteiger partial charge in [0.15, 0.2) is 0 Å². The van der Waals surface area contributed by atoms with Crippen molar-refractivity contribution in [3.8, 4) is 0 Å². The fourth-order valence-electron chi connectivity index (χ4n) is 1.48. The smallest absolute Gasteiger partial charge is 0.105 e. The molecule has 0 saturated heterocycles. The van der Waals surface area contributed by atoms with Crippen molar-refractivity contribution < 1.29 is 5.11 Å². The Morgan fingerprint density at radius 1 is 1.12 bits per heavy atom. The maximum absolute atomic E-state index is 10.1. The lowest BCUT2D eigenvalue weighted by Crippen LogP contribution is -1.97. The quantitative estimate of drug-likeness (QED) is 0.857. The second kappa shape index (κ2) is 4.76. The van der Waals surface area contributed by atoms with E-state index in [1.807, 2.05) is 18.4 Å². The summed E-state index contributed by atoms with van der Waals surface area (Å²) in [6.45, 7) is 2.01. The fraction of sp³-hybridized carbons (Fsp3) is 0.167. The molecule has 84 valence electrons. The molecule has 0 fully saturated rings. The Labute approximate surface area is 108 Å². The molecule has 0 spiro atoms. The molecule has 0 aliphatic rings. The number of benzene rings is 1. The zero-order valence-corrected chi connectivity index (χ0v) is 10.9. The standard InChI is InChI=1S/C12H10Cl2OS/c1-7-4-9(6-16-7)12(15)8-2-3-10(13)11(14)5-8/h2-6,12,15H,1H3. The van der Waals surface area contributed by atoms with Crippen molar-refractivity contribution in [1.29, 1.82) is 0 Å². The maximum Gasteiger partial charge on any atom is 0.105 e. The van der Waals surface area contributed by atoms with Crippen LogP contribution in [0, 0.1) is 6.92 Å². The molecule has 2 aromatic rings. The van der Waals surface area contributed by atoms with Gasteiger partial charge in [-0.2, -0.15) is 0 Å². The van der Waals surface area contributed by atoms with Gasteiger partial charge >= 0.3 is 0 Å². The van der Waals surface area contributed by atoms with Crippen LogP contribution in [0.25, 0.3) is 0 Å². The molecule has 1 aromatic carbocycles.